The molecule has 0 saturated carbocycles. The molecule has 0 aliphatic carbocycles. The maximum Gasteiger partial charge on any atom is 0.251 e. The van der Waals surface area contributed by atoms with Crippen LogP contribution in [0, 0.1) is 0 Å². The average Bonchev–Trinajstić information content (AvgIpc) is 3.03. The molecule has 1 aromatic heterocycles. The summed E-state index contributed by atoms with van der Waals surface area (Å²) in [6.07, 6.45) is 7.26. The fourth-order valence-corrected chi connectivity index (χ4v) is 1.93. The van der Waals surface area contributed by atoms with Gasteiger partial charge in [0.05, 0.1) is 12.9 Å². The second kappa shape index (κ2) is 8.09. The molecule has 0 fully saturated rings. The van der Waals surface area contributed by atoms with Crippen LogP contribution in [0.15, 0.2) is 43.0 Å². The highest BCUT2D eigenvalue weighted by Crippen LogP contribution is 2.13. The Morgan fingerprint density at radius 2 is 2.33 bits per heavy atom. The Balaban J connectivity index is 1.77. The molecule has 1 N–H and O–H groups in total. The minimum Gasteiger partial charge on any atom is -0.494 e. The van der Waals surface area contributed by atoms with E-state index in [1.807, 2.05) is 22.9 Å². The largest absolute Gasteiger partial charge is 0.494 e. The molecule has 2 rings (SSSR count). The third-order valence-electron chi connectivity index (χ3n) is 3.01. The highest BCUT2D eigenvalue weighted by Gasteiger charge is 2.06. The molecule has 0 radical (unpaired) electrons. The van der Waals surface area contributed by atoms with Crippen molar-refractivity contribution >= 4 is 5.91 Å². The van der Waals surface area contributed by atoms with Crippen molar-refractivity contribution in [2.45, 2.75) is 26.3 Å². The number of ether oxygens (including phenoxy) is 1. The van der Waals surface area contributed by atoms with Gasteiger partial charge in [-0.3, -0.25) is 4.79 Å². The molecular weight excluding hydrogens is 266 g/mol. The number of benzene rings is 1. The summed E-state index contributed by atoms with van der Waals surface area (Å²) < 4.78 is 7.52. The molecule has 5 nitrogen and oxygen atoms in total. The number of hydrogen-bond donors (Lipinski definition) is 1. The Labute approximate surface area is 125 Å². The monoisotopic (exact) mass is 287 g/mol. The first-order valence-electron chi connectivity index (χ1n) is 7.26. The van der Waals surface area contributed by atoms with E-state index in [2.05, 4.69) is 17.2 Å². The molecule has 1 heterocycles. The van der Waals surface area contributed by atoms with Gasteiger partial charge in [-0.2, -0.15) is 0 Å². The summed E-state index contributed by atoms with van der Waals surface area (Å²) in [6.45, 7) is 4.20. The number of nitrogens with one attached hydrogen (secondary N) is 1. The maximum absolute atomic E-state index is 12.0. The van der Waals surface area contributed by atoms with Gasteiger partial charge in [-0.1, -0.05) is 13.0 Å². The van der Waals surface area contributed by atoms with Crippen LogP contribution in [-0.4, -0.2) is 28.6 Å². The third-order valence-corrected chi connectivity index (χ3v) is 3.01. The van der Waals surface area contributed by atoms with E-state index < -0.39 is 0 Å². The second-order valence-corrected chi connectivity index (χ2v) is 4.79. The van der Waals surface area contributed by atoms with Crippen LogP contribution in [0.25, 0.3) is 0 Å². The molecule has 2 aromatic rings. The van der Waals surface area contributed by atoms with Gasteiger partial charge in [0.1, 0.15) is 5.75 Å². The second-order valence-electron chi connectivity index (χ2n) is 4.79. The third kappa shape index (κ3) is 4.95. The van der Waals surface area contributed by atoms with Crippen molar-refractivity contribution in [3.8, 4) is 5.75 Å². The van der Waals surface area contributed by atoms with E-state index in [9.17, 15) is 4.79 Å². The summed E-state index contributed by atoms with van der Waals surface area (Å²) in [6, 6.07) is 7.28. The van der Waals surface area contributed by atoms with Gasteiger partial charge in [0.15, 0.2) is 0 Å². The Morgan fingerprint density at radius 1 is 1.43 bits per heavy atom. The Kier molecular flexibility index (Phi) is 5.82. The lowest BCUT2D eigenvalue weighted by molar-refractivity contribution is 0.0952. The van der Waals surface area contributed by atoms with Crippen molar-refractivity contribution in [2.24, 2.45) is 0 Å². The van der Waals surface area contributed by atoms with E-state index in [-0.39, 0.29) is 5.91 Å². The molecule has 0 bridgehead atoms. The highest BCUT2D eigenvalue weighted by molar-refractivity contribution is 5.94. The fraction of sp³-hybridized carbons (Fsp3) is 0.375. The smallest absolute Gasteiger partial charge is 0.251 e. The zero-order valence-corrected chi connectivity index (χ0v) is 12.3. The molecule has 112 valence electrons. The van der Waals surface area contributed by atoms with Gasteiger partial charge in [0.2, 0.25) is 0 Å². The Hall–Kier alpha value is -2.30. The number of nitrogens with zero attached hydrogens (tertiary/aromatic N) is 2. The van der Waals surface area contributed by atoms with E-state index in [0.717, 1.165) is 25.1 Å². The number of aromatic nitrogens is 2. The van der Waals surface area contributed by atoms with E-state index in [0.29, 0.717) is 18.7 Å². The van der Waals surface area contributed by atoms with Gasteiger partial charge in [0, 0.05) is 31.0 Å². The first-order chi connectivity index (χ1) is 10.3. The lowest BCUT2D eigenvalue weighted by atomic mass is 10.2. The average molecular weight is 287 g/mol. The SMILES string of the molecule is CCCOc1cccc(C(=O)NCCCn2ccnc2)c1. The van der Waals surface area contributed by atoms with Crippen LogP contribution < -0.4 is 10.1 Å². The fourth-order valence-electron chi connectivity index (χ4n) is 1.93. The van der Waals surface area contributed by atoms with Gasteiger partial charge >= 0.3 is 0 Å². The zero-order chi connectivity index (χ0) is 14.9. The molecular formula is C16H21N3O2. The van der Waals surface area contributed by atoms with E-state index in [1.54, 1.807) is 24.7 Å². The quantitative estimate of drug-likeness (QED) is 0.759. The van der Waals surface area contributed by atoms with Crippen LogP contribution in [-0.2, 0) is 6.54 Å². The number of imidazole rings is 1. The van der Waals surface area contributed by atoms with Crippen molar-refractivity contribution in [1.82, 2.24) is 14.9 Å². The molecule has 0 unspecified atom stereocenters. The number of hydrogen-bond acceptors (Lipinski definition) is 3. The predicted molar refractivity (Wildman–Crippen MR) is 81.4 cm³/mol. The molecule has 0 saturated heterocycles. The van der Waals surface area contributed by atoms with Crippen molar-refractivity contribution in [3.05, 3.63) is 48.5 Å². The lowest BCUT2D eigenvalue weighted by Gasteiger charge is -2.08. The highest BCUT2D eigenvalue weighted by atomic mass is 16.5. The molecule has 0 aliphatic rings. The first-order valence-corrected chi connectivity index (χ1v) is 7.26. The minimum atomic E-state index is -0.0671. The summed E-state index contributed by atoms with van der Waals surface area (Å²) in [5.41, 5.74) is 0.631. The minimum absolute atomic E-state index is 0.0671. The molecule has 1 amide bonds. The van der Waals surface area contributed by atoms with Crippen LogP contribution in [0.3, 0.4) is 0 Å². The molecule has 21 heavy (non-hydrogen) atoms. The van der Waals surface area contributed by atoms with Crippen LogP contribution >= 0.6 is 0 Å². The van der Waals surface area contributed by atoms with Gasteiger partial charge in [-0.25, -0.2) is 4.98 Å². The van der Waals surface area contributed by atoms with Gasteiger partial charge in [0.25, 0.3) is 5.91 Å². The molecule has 5 heteroatoms. The standard InChI is InChI=1S/C16H21N3O2/c1-2-11-21-15-6-3-5-14(12-15)16(20)18-7-4-9-19-10-8-17-13-19/h3,5-6,8,10,12-13H,2,4,7,9,11H2,1H3,(H,18,20). The summed E-state index contributed by atoms with van der Waals surface area (Å²) in [4.78, 5) is 16.0. The van der Waals surface area contributed by atoms with Crippen molar-refractivity contribution < 1.29 is 9.53 Å². The molecule has 0 atom stereocenters. The molecule has 0 spiro atoms. The summed E-state index contributed by atoms with van der Waals surface area (Å²) in [5.74, 6) is 0.672. The summed E-state index contributed by atoms with van der Waals surface area (Å²) >= 11 is 0. The van der Waals surface area contributed by atoms with E-state index in [4.69, 9.17) is 4.74 Å². The van der Waals surface area contributed by atoms with Crippen molar-refractivity contribution in [1.29, 1.82) is 0 Å². The van der Waals surface area contributed by atoms with Crippen LogP contribution in [0.5, 0.6) is 5.75 Å². The lowest BCUT2D eigenvalue weighted by Crippen LogP contribution is -2.25. The van der Waals surface area contributed by atoms with Gasteiger partial charge in [-0.05, 0) is 31.0 Å². The van der Waals surface area contributed by atoms with E-state index in [1.165, 1.54) is 0 Å². The zero-order valence-electron chi connectivity index (χ0n) is 12.3. The number of carbonyl (C=O) groups is 1. The van der Waals surface area contributed by atoms with Gasteiger partial charge in [-0.15, -0.1) is 0 Å². The number of amides is 1. The van der Waals surface area contributed by atoms with Crippen LogP contribution in [0.4, 0.5) is 0 Å². The van der Waals surface area contributed by atoms with Crippen molar-refractivity contribution in [2.75, 3.05) is 13.2 Å². The topological polar surface area (TPSA) is 56.1 Å². The van der Waals surface area contributed by atoms with Crippen LogP contribution in [0.2, 0.25) is 0 Å². The molecule has 1 aromatic carbocycles. The normalized spacial score (nSPS) is 10.3. The maximum atomic E-state index is 12.0. The Bertz CT molecular complexity index is 552. The predicted octanol–water partition coefficient (Wildman–Crippen LogP) is 2.49. The number of carbonyl (C=O) groups excluding carboxylic acids is 1. The van der Waals surface area contributed by atoms with Crippen molar-refractivity contribution in [3.63, 3.8) is 0 Å². The number of rotatable bonds is 8. The molecule has 0 aliphatic heterocycles. The first kappa shape index (κ1) is 15.1. The van der Waals surface area contributed by atoms with Crippen LogP contribution in [0.1, 0.15) is 30.1 Å². The Morgan fingerprint density at radius 3 is 3.10 bits per heavy atom. The number of aryl methyl sites for hydroxylation is 1. The summed E-state index contributed by atoms with van der Waals surface area (Å²) in [5, 5.41) is 2.92. The van der Waals surface area contributed by atoms with Gasteiger partial charge < -0.3 is 14.6 Å². The van der Waals surface area contributed by atoms with E-state index >= 15 is 0 Å². The summed E-state index contributed by atoms with van der Waals surface area (Å²) in [7, 11) is 0.